The minimum atomic E-state index is -2.24. The number of halogens is 5. The van der Waals surface area contributed by atoms with Crippen LogP contribution in [-0.4, -0.2) is 44.3 Å². The summed E-state index contributed by atoms with van der Waals surface area (Å²) in [5.41, 5.74) is -3.06. The number of hydrogen-bond donors (Lipinski definition) is 3. The van der Waals surface area contributed by atoms with Crippen molar-refractivity contribution < 1.29 is 22.0 Å². The van der Waals surface area contributed by atoms with Crippen LogP contribution in [0.3, 0.4) is 0 Å². The lowest BCUT2D eigenvalue weighted by molar-refractivity contribution is 0.201. The van der Waals surface area contributed by atoms with Gasteiger partial charge in [-0.25, -0.2) is 31.7 Å². The van der Waals surface area contributed by atoms with Crippen LogP contribution in [0.15, 0.2) is 22.0 Å². The number of H-pyrrole nitrogens is 2. The van der Waals surface area contributed by atoms with Crippen molar-refractivity contribution in [2.24, 2.45) is 0 Å². The maximum atomic E-state index is 14.2. The van der Waals surface area contributed by atoms with Crippen LogP contribution in [-0.2, 0) is 0 Å². The first-order valence-electron chi connectivity index (χ1n) is 11.4. The van der Waals surface area contributed by atoms with E-state index in [-0.39, 0.29) is 30.7 Å². The molecule has 13 heteroatoms. The summed E-state index contributed by atoms with van der Waals surface area (Å²) < 4.78 is 70.0. The van der Waals surface area contributed by atoms with Gasteiger partial charge in [-0.3, -0.25) is 15.1 Å². The van der Waals surface area contributed by atoms with E-state index in [4.69, 9.17) is 0 Å². The number of imidazole rings is 1. The molecule has 196 valence electrons. The van der Waals surface area contributed by atoms with Gasteiger partial charge in [0.05, 0.1) is 24.5 Å². The number of hydrogen-bond acceptors (Lipinski definition) is 5. The Kier molecular flexibility index (Phi) is 7.22. The van der Waals surface area contributed by atoms with Gasteiger partial charge in [-0.2, -0.15) is 4.68 Å². The lowest BCUT2D eigenvalue weighted by Crippen LogP contribution is -2.68. The first kappa shape index (κ1) is 26.2. The topological polar surface area (TPSA) is 98.8 Å². The van der Waals surface area contributed by atoms with Crippen LogP contribution in [0.25, 0.3) is 17.2 Å². The zero-order valence-corrected chi connectivity index (χ0v) is 19.9. The Morgan fingerprint density at radius 2 is 1.84 bits per heavy atom. The summed E-state index contributed by atoms with van der Waals surface area (Å²) in [7, 11) is 0. The second-order valence-electron chi connectivity index (χ2n) is 8.78. The standard InChI is InChI=1S/C24H23F5N6O2/c1-3-4-10-32-24(2)9-6-11-34(35-22(36)20-21(31-12-30-20)33-23(35)37)14(24)8-5-7-13-15(25)17(27)19(29)18(28)16(13)26/h5,7,12,14,32H,6,8-11H2,1-2H3,(H,30,31)(H,33,37)/b7-5+/t14?,24-/m1/s1. The molecular formula is C24H23F5N6O2. The van der Waals surface area contributed by atoms with Crippen molar-refractivity contribution in [2.45, 2.75) is 44.7 Å². The maximum Gasteiger partial charge on any atom is 0.349 e. The van der Waals surface area contributed by atoms with E-state index in [1.165, 1.54) is 17.4 Å². The molecule has 2 aromatic heterocycles. The molecule has 3 aromatic rings. The summed E-state index contributed by atoms with van der Waals surface area (Å²) in [6.07, 6.45) is 4.47. The van der Waals surface area contributed by atoms with Crippen LogP contribution >= 0.6 is 0 Å². The minimum Gasteiger partial charge on any atom is -0.339 e. The molecule has 37 heavy (non-hydrogen) atoms. The van der Waals surface area contributed by atoms with E-state index < -0.39 is 57.5 Å². The van der Waals surface area contributed by atoms with Crippen molar-refractivity contribution >= 4 is 17.2 Å². The van der Waals surface area contributed by atoms with Crippen LogP contribution in [0.4, 0.5) is 22.0 Å². The molecule has 3 heterocycles. The highest BCUT2D eigenvalue weighted by Gasteiger charge is 2.41. The van der Waals surface area contributed by atoms with Crippen molar-refractivity contribution in [3.05, 3.63) is 67.9 Å². The zero-order chi connectivity index (χ0) is 26.9. The van der Waals surface area contributed by atoms with Crippen molar-refractivity contribution in [3.8, 4) is 11.8 Å². The van der Waals surface area contributed by atoms with Gasteiger partial charge in [-0.15, -0.1) is 5.92 Å². The second-order valence-corrected chi connectivity index (χ2v) is 8.78. The van der Waals surface area contributed by atoms with Crippen molar-refractivity contribution in [1.29, 1.82) is 0 Å². The summed E-state index contributed by atoms with van der Waals surface area (Å²) in [6.45, 7) is 4.07. The number of aromatic nitrogens is 4. The Morgan fingerprint density at radius 3 is 2.51 bits per heavy atom. The molecular weight excluding hydrogens is 499 g/mol. The molecule has 1 saturated heterocycles. The third-order valence-corrected chi connectivity index (χ3v) is 6.54. The first-order valence-corrected chi connectivity index (χ1v) is 11.4. The lowest BCUT2D eigenvalue weighted by atomic mass is 9.81. The number of rotatable bonds is 6. The quantitative estimate of drug-likeness (QED) is 0.200. The highest BCUT2D eigenvalue weighted by atomic mass is 19.2. The highest BCUT2D eigenvalue weighted by Crippen LogP contribution is 2.30. The molecule has 1 aliphatic heterocycles. The molecule has 0 spiro atoms. The molecule has 0 aliphatic carbocycles. The predicted octanol–water partition coefficient (Wildman–Crippen LogP) is 2.68. The van der Waals surface area contributed by atoms with E-state index in [0.717, 1.165) is 10.8 Å². The number of fused-ring (bicyclic) bond motifs is 1. The first-order chi connectivity index (χ1) is 17.6. The summed E-state index contributed by atoms with van der Waals surface area (Å²) in [5.74, 6) is -4.59. The third-order valence-electron chi connectivity index (χ3n) is 6.54. The van der Waals surface area contributed by atoms with E-state index in [2.05, 4.69) is 32.1 Å². The van der Waals surface area contributed by atoms with Crippen molar-refractivity contribution in [3.63, 3.8) is 0 Å². The Labute approximate surface area is 207 Å². The average Bonchev–Trinajstić information content (AvgIpc) is 3.34. The number of aromatic amines is 2. The lowest BCUT2D eigenvalue weighted by Gasteiger charge is -2.49. The molecule has 8 nitrogen and oxygen atoms in total. The SMILES string of the molecule is CC#CCN[C@]1(C)CCCN(n2c(=O)[nH]c3nc[nH]c3c2=O)C1C/C=C/c1c(F)c(F)c(F)c(F)c1F. The Bertz CT molecular complexity index is 1520. The van der Waals surface area contributed by atoms with Gasteiger partial charge in [-0.1, -0.05) is 18.1 Å². The van der Waals surface area contributed by atoms with Gasteiger partial charge < -0.3 is 9.99 Å². The van der Waals surface area contributed by atoms with Gasteiger partial charge in [-0.05, 0) is 33.1 Å². The van der Waals surface area contributed by atoms with E-state index in [9.17, 15) is 31.5 Å². The average molecular weight is 522 g/mol. The van der Waals surface area contributed by atoms with Gasteiger partial charge in [0, 0.05) is 12.1 Å². The Morgan fingerprint density at radius 1 is 1.16 bits per heavy atom. The molecule has 0 bridgehead atoms. The van der Waals surface area contributed by atoms with E-state index >= 15 is 0 Å². The number of nitrogens with one attached hydrogen (secondary N) is 3. The minimum absolute atomic E-state index is 0.0184. The molecule has 3 N–H and O–H groups in total. The number of piperidine rings is 1. The van der Waals surface area contributed by atoms with Crippen LogP contribution in [0, 0.1) is 40.9 Å². The molecule has 1 fully saturated rings. The molecule has 0 radical (unpaired) electrons. The van der Waals surface area contributed by atoms with Crippen molar-refractivity contribution in [1.82, 2.24) is 24.9 Å². The van der Waals surface area contributed by atoms with E-state index in [1.807, 2.05) is 6.92 Å². The van der Waals surface area contributed by atoms with Gasteiger partial charge in [0.1, 0.15) is 0 Å². The fourth-order valence-electron chi connectivity index (χ4n) is 4.64. The Balaban J connectivity index is 1.77. The number of benzene rings is 1. The third kappa shape index (κ3) is 4.64. The van der Waals surface area contributed by atoms with Crippen LogP contribution in [0.5, 0.6) is 0 Å². The fourth-order valence-corrected chi connectivity index (χ4v) is 4.64. The van der Waals surface area contributed by atoms with E-state index in [0.29, 0.717) is 12.8 Å². The molecule has 1 aromatic carbocycles. The normalized spacial score (nSPS) is 20.0. The maximum absolute atomic E-state index is 14.2. The van der Waals surface area contributed by atoms with Crippen LogP contribution < -0.4 is 21.6 Å². The largest absolute Gasteiger partial charge is 0.349 e. The van der Waals surface area contributed by atoms with Crippen LogP contribution in [0.1, 0.15) is 38.7 Å². The summed E-state index contributed by atoms with van der Waals surface area (Å²) in [5, 5.41) is 4.83. The molecule has 0 saturated carbocycles. The molecule has 4 rings (SSSR count). The van der Waals surface area contributed by atoms with Crippen LogP contribution in [0.2, 0.25) is 0 Å². The van der Waals surface area contributed by atoms with Gasteiger partial charge in [0.2, 0.25) is 5.82 Å². The Hall–Kier alpha value is -3.92. The monoisotopic (exact) mass is 522 g/mol. The molecule has 1 aliphatic rings. The highest BCUT2D eigenvalue weighted by molar-refractivity contribution is 5.67. The summed E-state index contributed by atoms with van der Waals surface area (Å²) >= 11 is 0. The van der Waals surface area contributed by atoms with Gasteiger partial charge in [0.25, 0.3) is 0 Å². The van der Waals surface area contributed by atoms with Crippen molar-refractivity contribution in [2.75, 3.05) is 18.1 Å². The van der Waals surface area contributed by atoms with Gasteiger partial charge in [0.15, 0.2) is 34.4 Å². The molecule has 1 unspecified atom stereocenters. The molecule has 2 atom stereocenters. The second kappa shape index (κ2) is 10.2. The van der Waals surface area contributed by atoms with E-state index in [1.54, 1.807) is 6.92 Å². The summed E-state index contributed by atoms with van der Waals surface area (Å²) in [6, 6.07) is -0.656. The summed E-state index contributed by atoms with van der Waals surface area (Å²) in [4.78, 5) is 35.2. The van der Waals surface area contributed by atoms with Gasteiger partial charge >= 0.3 is 11.2 Å². The number of nitrogens with zero attached hydrogens (tertiary/aromatic N) is 3. The zero-order valence-electron chi connectivity index (χ0n) is 19.9. The predicted molar refractivity (Wildman–Crippen MR) is 127 cm³/mol. The molecule has 0 amide bonds. The smallest absolute Gasteiger partial charge is 0.339 e. The fraction of sp³-hybridized carbons (Fsp3) is 0.375.